The van der Waals surface area contributed by atoms with Crippen molar-refractivity contribution in [2.75, 3.05) is 20.3 Å². The van der Waals surface area contributed by atoms with Crippen LogP contribution in [-0.2, 0) is 20.9 Å². The highest BCUT2D eigenvalue weighted by atomic mass is 35.5. The minimum Gasteiger partial charge on any atom is -0.497 e. The zero-order valence-corrected chi connectivity index (χ0v) is 18.4. The SMILES string of the molecule is COc1ccc(CN(C(=O)COC(=O)CNC(=O)c2ccc(Cl)c(Cl)c2)C2CC2)cc1. The van der Waals surface area contributed by atoms with Crippen molar-refractivity contribution < 1.29 is 23.9 Å². The molecule has 0 aliphatic heterocycles. The molecule has 0 aromatic heterocycles. The lowest BCUT2D eigenvalue weighted by Crippen LogP contribution is -2.37. The van der Waals surface area contributed by atoms with Gasteiger partial charge in [0, 0.05) is 18.2 Å². The van der Waals surface area contributed by atoms with Crippen LogP contribution in [0.25, 0.3) is 0 Å². The Hall–Kier alpha value is -2.77. The second-order valence-corrected chi connectivity index (χ2v) is 7.89. The third-order valence-electron chi connectivity index (χ3n) is 4.75. The number of nitrogens with one attached hydrogen (secondary N) is 1. The van der Waals surface area contributed by atoms with Crippen LogP contribution in [0.3, 0.4) is 0 Å². The highest BCUT2D eigenvalue weighted by Gasteiger charge is 2.33. The molecule has 164 valence electrons. The maximum absolute atomic E-state index is 12.6. The molecule has 0 atom stereocenters. The Morgan fingerprint density at radius 2 is 1.77 bits per heavy atom. The molecule has 1 fully saturated rings. The van der Waals surface area contributed by atoms with E-state index in [2.05, 4.69) is 5.32 Å². The second-order valence-electron chi connectivity index (χ2n) is 7.07. The molecular formula is C22H22Cl2N2O5. The van der Waals surface area contributed by atoms with E-state index in [1.807, 2.05) is 24.3 Å². The van der Waals surface area contributed by atoms with Gasteiger partial charge in [-0.3, -0.25) is 14.4 Å². The number of rotatable bonds is 9. The fraction of sp³-hybridized carbons (Fsp3) is 0.318. The van der Waals surface area contributed by atoms with Crippen LogP contribution in [-0.4, -0.2) is 49.0 Å². The molecule has 7 nitrogen and oxygen atoms in total. The van der Waals surface area contributed by atoms with Gasteiger partial charge in [-0.1, -0.05) is 35.3 Å². The van der Waals surface area contributed by atoms with E-state index in [1.54, 1.807) is 12.0 Å². The maximum atomic E-state index is 12.6. The summed E-state index contributed by atoms with van der Waals surface area (Å²) in [5.41, 5.74) is 1.22. The Morgan fingerprint density at radius 3 is 2.39 bits per heavy atom. The zero-order chi connectivity index (χ0) is 22.4. The Bertz CT molecular complexity index is 961. The molecule has 0 unspecified atom stereocenters. The third kappa shape index (κ3) is 6.60. The smallest absolute Gasteiger partial charge is 0.325 e. The molecule has 0 bridgehead atoms. The number of ether oxygens (including phenoxy) is 2. The number of hydrogen-bond donors (Lipinski definition) is 1. The van der Waals surface area contributed by atoms with E-state index < -0.39 is 11.9 Å². The van der Waals surface area contributed by atoms with Gasteiger partial charge in [0.05, 0.1) is 17.2 Å². The Labute approximate surface area is 190 Å². The van der Waals surface area contributed by atoms with Gasteiger partial charge in [0.15, 0.2) is 6.61 Å². The van der Waals surface area contributed by atoms with Gasteiger partial charge in [-0.05, 0) is 48.7 Å². The van der Waals surface area contributed by atoms with Crippen LogP contribution < -0.4 is 10.1 Å². The van der Waals surface area contributed by atoms with Crippen molar-refractivity contribution >= 4 is 41.0 Å². The molecule has 2 amide bonds. The summed E-state index contributed by atoms with van der Waals surface area (Å²) < 4.78 is 10.2. The van der Waals surface area contributed by atoms with E-state index >= 15 is 0 Å². The van der Waals surface area contributed by atoms with Crippen molar-refractivity contribution in [1.29, 1.82) is 0 Å². The van der Waals surface area contributed by atoms with E-state index in [4.69, 9.17) is 32.7 Å². The fourth-order valence-electron chi connectivity index (χ4n) is 2.90. The molecule has 0 radical (unpaired) electrons. The number of nitrogens with zero attached hydrogens (tertiary/aromatic N) is 1. The van der Waals surface area contributed by atoms with Gasteiger partial charge in [-0.25, -0.2) is 0 Å². The molecule has 0 saturated heterocycles. The Balaban J connectivity index is 1.46. The summed E-state index contributed by atoms with van der Waals surface area (Å²) in [6.45, 7) is -0.318. The number of esters is 1. The van der Waals surface area contributed by atoms with Gasteiger partial charge >= 0.3 is 5.97 Å². The second kappa shape index (κ2) is 10.5. The molecule has 2 aromatic carbocycles. The van der Waals surface area contributed by atoms with Gasteiger partial charge in [-0.15, -0.1) is 0 Å². The molecule has 1 N–H and O–H groups in total. The standard InChI is InChI=1S/C22H22Cl2N2O5/c1-30-17-7-2-14(3-8-17)12-26(16-5-6-16)20(27)13-31-21(28)11-25-22(29)15-4-9-18(23)19(24)10-15/h2-4,7-10,16H,5-6,11-13H2,1H3,(H,25,29). The number of halogens is 2. The number of hydrogen-bond acceptors (Lipinski definition) is 5. The highest BCUT2D eigenvalue weighted by molar-refractivity contribution is 6.42. The quantitative estimate of drug-likeness (QED) is 0.574. The van der Waals surface area contributed by atoms with E-state index in [0.29, 0.717) is 11.6 Å². The molecule has 2 aromatic rings. The van der Waals surface area contributed by atoms with Gasteiger partial charge in [0.25, 0.3) is 11.8 Å². The largest absolute Gasteiger partial charge is 0.497 e. The van der Waals surface area contributed by atoms with Crippen LogP contribution in [0.4, 0.5) is 0 Å². The molecule has 3 rings (SSSR count). The van der Waals surface area contributed by atoms with Crippen molar-refractivity contribution in [3.8, 4) is 5.75 Å². The topological polar surface area (TPSA) is 84.9 Å². The van der Waals surface area contributed by atoms with Crippen molar-refractivity contribution in [2.45, 2.75) is 25.4 Å². The van der Waals surface area contributed by atoms with Crippen LogP contribution in [0.1, 0.15) is 28.8 Å². The first kappa shape index (κ1) is 22.9. The first-order chi connectivity index (χ1) is 14.9. The van der Waals surface area contributed by atoms with E-state index in [9.17, 15) is 14.4 Å². The summed E-state index contributed by atoms with van der Waals surface area (Å²) in [4.78, 5) is 38.4. The lowest BCUT2D eigenvalue weighted by atomic mass is 10.2. The average Bonchev–Trinajstić information content (AvgIpc) is 3.61. The number of carbonyl (C=O) groups excluding carboxylic acids is 3. The zero-order valence-electron chi connectivity index (χ0n) is 16.9. The average molecular weight is 465 g/mol. The van der Waals surface area contributed by atoms with Crippen molar-refractivity contribution in [3.05, 3.63) is 63.6 Å². The highest BCUT2D eigenvalue weighted by Crippen LogP contribution is 2.29. The van der Waals surface area contributed by atoms with Crippen LogP contribution >= 0.6 is 23.2 Å². The van der Waals surface area contributed by atoms with E-state index in [1.165, 1.54) is 18.2 Å². The van der Waals surface area contributed by atoms with Crippen LogP contribution in [0.15, 0.2) is 42.5 Å². The molecule has 1 aliphatic rings. The number of benzene rings is 2. The van der Waals surface area contributed by atoms with Gasteiger partial charge in [0.1, 0.15) is 12.3 Å². The summed E-state index contributed by atoms with van der Waals surface area (Å²) in [5.74, 6) is -0.740. The first-order valence-corrected chi connectivity index (χ1v) is 10.4. The van der Waals surface area contributed by atoms with Crippen molar-refractivity contribution in [3.63, 3.8) is 0 Å². The molecule has 31 heavy (non-hydrogen) atoms. The Morgan fingerprint density at radius 1 is 1.06 bits per heavy atom. The lowest BCUT2D eigenvalue weighted by Gasteiger charge is -2.22. The molecule has 9 heteroatoms. The molecule has 0 spiro atoms. The van der Waals surface area contributed by atoms with Crippen molar-refractivity contribution in [2.24, 2.45) is 0 Å². The minimum atomic E-state index is -0.707. The third-order valence-corrected chi connectivity index (χ3v) is 5.49. The molecule has 0 heterocycles. The number of methoxy groups -OCH3 is 1. The van der Waals surface area contributed by atoms with Gasteiger partial charge in [0.2, 0.25) is 0 Å². The summed E-state index contributed by atoms with van der Waals surface area (Å²) in [6, 6.07) is 12.0. The molecular weight excluding hydrogens is 443 g/mol. The minimum absolute atomic E-state index is 0.155. The van der Waals surface area contributed by atoms with Crippen LogP contribution in [0.2, 0.25) is 10.0 Å². The van der Waals surface area contributed by atoms with Crippen LogP contribution in [0, 0.1) is 0 Å². The predicted molar refractivity (Wildman–Crippen MR) is 116 cm³/mol. The van der Waals surface area contributed by atoms with Crippen LogP contribution in [0.5, 0.6) is 5.75 Å². The lowest BCUT2D eigenvalue weighted by molar-refractivity contribution is -0.151. The monoisotopic (exact) mass is 464 g/mol. The van der Waals surface area contributed by atoms with Crippen molar-refractivity contribution in [1.82, 2.24) is 10.2 Å². The number of carbonyl (C=O) groups is 3. The van der Waals surface area contributed by atoms with E-state index in [0.717, 1.165) is 24.2 Å². The summed E-state index contributed by atoms with van der Waals surface area (Å²) in [6.07, 6.45) is 1.85. The summed E-state index contributed by atoms with van der Waals surface area (Å²) >= 11 is 11.7. The Kier molecular flexibility index (Phi) is 7.76. The number of amides is 2. The van der Waals surface area contributed by atoms with E-state index in [-0.39, 0.29) is 35.7 Å². The van der Waals surface area contributed by atoms with Gasteiger partial charge < -0.3 is 19.7 Å². The fourth-order valence-corrected chi connectivity index (χ4v) is 3.20. The van der Waals surface area contributed by atoms with Gasteiger partial charge in [-0.2, -0.15) is 0 Å². The maximum Gasteiger partial charge on any atom is 0.325 e. The normalized spacial score (nSPS) is 12.7. The molecule has 1 saturated carbocycles. The summed E-state index contributed by atoms with van der Waals surface area (Å²) in [5, 5.41) is 2.99. The molecule has 1 aliphatic carbocycles. The predicted octanol–water partition coefficient (Wildman–Crippen LogP) is 3.47. The summed E-state index contributed by atoms with van der Waals surface area (Å²) in [7, 11) is 1.59. The first-order valence-electron chi connectivity index (χ1n) is 9.68.